The third-order valence-corrected chi connectivity index (χ3v) is 9.87. The molecule has 2 aromatic carbocycles. The molecule has 2 aliphatic heterocycles. The van der Waals surface area contributed by atoms with Crippen LogP contribution in [0, 0.1) is 17.7 Å². The highest BCUT2D eigenvalue weighted by atomic mass is 19.1. The molecule has 3 N–H and O–H groups in total. The second-order valence-corrected chi connectivity index (χ2v) is 11.8. The minimum atomic E-state index is -1.01. The summed E-state index contributed by atoms with van der Waals surface area (Å²) in [5, 5.41) is 27.0. The number of halogens is 1. The van der Waals surface area contributed by atoms with Crippen LogP contribution in [0.4, 0.5) is 4.39 Å². The fourth-order valence-corrected chi connectivity index (χ4v) is 8.07. The summed E-state index contributed by atoms with van der Waals surface area (Å²) in [7, 11) is 1.83. The van der Waals surface area contributed by atoms with Crippen LogP contribution in [0.5, 0.6) is 11.5 Å². The molecule has 2 saturated carbocycles. The molecule has 2 aromatic rings. The number of phenols is 1. The molecular weight excluding hydrogens is 471 g/mol. The van der Waals surface area contributed by atoms with Crippen molar-refractivity contribution in [2.75, 3.05) is 13.6 Å². The van der Waals surface area contributed by atoms with Gasteiger partial charge in [-0.1, -0.05) is 31.0 Å². The second kappa shape index (κ2) is 8.05. The Hall–Kier alpha value is -2.90. The largest absolute Gasteiger partial charge is 0.504 e. The number of phenolic OH excluding ortho intramolecular Hbond substituents is 1. The Morgan fingerprint density at radius 2 is 2.03 bits per heavy atom. The summed E-state index contributed by atoms with van der Waals surface area (Å²) < 4.78 is 20.0. The average molecular weight is 505 g/mol. The molecular formula is C30H33FN2O4. The maximum Gasteiger partial charge on any atom is 0.246 e. The number of likely N-dealkylation sites (N-methyl/N-ethyl adjacent to an activating group) is 1. The molecule has 37 heavy (non-hydrogen) atoms. The minimum absolute atomic E-state index is 0.0733. The van der Waals surface area contributed by atoms with Crippen LogP contribution in [0.3, 0.4) is 0 Å². The van der Waals surface area contributed by atoms with Crippen molar-refractivity contribution in [1.82, 2.24) is 10.2 Å². The van der Waals surface area contributed by atoms with Crippen molar-refractivity contribution in [1.29, 1.82) is 0 Å². The lowest BCUT2D eigenvalue weighted by Gasteiger charge is -2.64. The lowest BCUT2D eigenvalue weighted by Crippen LogP contribution is -2.79. The molecule has 5 aliphatic rings. The second-order valence-electron chi connectivity index (χ2n) is 11.8. The molecule has 2 heterocycles. The average Bonchev–Trinajstić information content (AvgIpc) is 3.61. The standard InChI is InChI=1S/C30H33FN2O4/c1-33(24(35)11-6-17-4-8-21(31)9-5-17)26-20(14-18-2-3-18)16-30(36)23-15-19-7-10-22(34)27-25(19)29(30,12-13-32-23)28(26)37-27/h4-11,18,20,23,26,28,32,34,36H,2-3,12-16H2,1H3/t20?,23-,26+,28+,29+,30-/m1/s1. The first-order chi connectivity index (χ1) is 17.8. The van der Waals surface area contributed by atoms with Crippen LogP contribution in [0.1, 0.15) is 48.8 Å². The summed E-state index contributed by atoms with van der Waals surface area (Å²) in [5.41, 5.74) is 1.13. The van der Waals surface area contributed by atoms with Gasteiger partial charge in [-0.05, 0) is 79.5 Å². The highest BCUT2D eigenvalue weighted by Gasteiger charge is 2.74. The van der Waals surface area contributed by atoms with Gasteiger partial charge in [0.15, 0.2) is 11.5 Å². The molecule has 1 saturated heterocycles. The number of ether oxygens (including phenoxy) is 1. The lowest BCUT2D eigenvalue weighted by atomic mass is 9.46. The third-order valence-electron chi connectivity index (χ3n) is 9.87. The molecule has 2 bridgehead atoms. The molecule has 0 radical (unpaired) electrons. The van der Waals surface area contributed by atoms with E-state index in [1.54, 1.807) is 29.2 Å². The van der Waals surface area contributed by atoms with Gasteiger partial charge in [0.2, 0.25) is 5.91 Å². The predicted molar refractivity (Wildman–Crippen MR) is 137 cm³/mol. The molecule has 0 aromatic heterocycles. The maximum absolute atomic E-state index is 13.6. The highest BCUT2D eigenvalue weighted by molar-refractivity contribution is 5.92. The van der Waals surface area contributed by atoms with E-state index >= 15 is 0 Å². The lowest BCUT2D eigenvalue weighted by molar-refractivity contribution is -0.189. The van der Waals surface area contributed by atoms with Gasteiger partial charge in [-0.25, -0.2) is 4.39 Å². The van der Waals surface area contributed by atoms with E-state index in [1.807, 2.05) is 13.1 Å². The summed E-state index contributed by atoms with van der Waals surface area (Å²) in [4.78, 5) is 15.3. The number of hydrogen-bond donors (Lipinski definition) is 3. The van der Waals surface area contributed by atoms with Crippen molar-refractivity contribution in [3.8, 4) is 11.5 Å². The molecule has 6 atom stereocenters. The van der Waals surface area contributed by atoms with Crippen molar-refractivity contribution in [2.24, 2.45) is 11.8 Å². The number of benzene rings is 2. The monoisotopic (exact) mass is 504 g/mol. The number of carbonyl (C=O) groups is 1. The van der Waals surface area contributed by atoms with E-state index in [0.29, 0.717) is 30.9 Å². The third kappa shape index (κ3) is 3.26. The van der Waals surface area contributed by atoms with Crippen molar-refractivity contribution in [2.45, 2.75) is 67.7 Å². The Morgan fingerprint density at radius 1 is 1.24 bits per heavy atom. The first kappa shape index (κ1) is 23.2. The van der Waals surface area contributed by atoms with Crippen LogP contribution >= 0.6 is 0 Å². The van der Waals surface area contributed by atoms with E-state index in [0.717, 1.165) is 29.7 Å². The number of nitrogens with one attached hydrogen (secondary N) is 1. The van der Waals surface area contributed by atoms with Crippen molar-refractivity contribution in [3.05, 3.63) is 65.0 Å². The summed E-state index contributed by atoms with van der Waals surface area (Å²) >= 11 is 0. The summed E-state index contributed by atoms with van der Waals surface area (Å²) in [6.45, 7) is 0.753. The van der Waals surface area contributed by atoms with E-state index in [1.165, 1.54) is 31.1 Å². The zero-order valence-corrected chi connectivity index (χ0v) is 21.0. The zero-order chi connectivity index (χ0) is 25.5. The molecule has 7 rings (SSSR count). The normalized spacial score (nSPS) is 35.2. The van der Waals surface area contributed by atoms with Crippen LogP contribution < -0.4 is 10.1 Å². The Bertz CT molecular complexity index is 1290. The summed E-state index contributed by atoms with van der Waals surface area (Å²) in [6, 6.07) is 9.38. The molecule has 1 unspecified atom stereocenters. The van der Waals surface area contributed by atoms with Gasteiger partial charge in [0.05, 0.1) is 17.1 Å². The first-order valence-electron chi connectivity index (χ1n) is 13.5. The SMILES string of the molecule is CN(C(=O)C=Cc1ccc(F)cc1)[C@H]1C(CC2CC2)C[C@@]2(O)[C@H]3Cc4ccc(O)c5c4[C@@]2(CCN3)[C@H]1O5. The van der Waals surface area contributed by atoms with Crippen molar-refractivity contribution in [3.63, 3.8) is 0 Å². The number of aromatic hydroxyl groups is 1. The Labute approximate surface area is 216 Å². The molecule has 7 heteroatoms. The van der Waals surface area contributed by atoms with E-state index in [-0.39, 0.29) is 35.5 Å². The number of carbonyl (C=O) groups excluding carboxylic acids is 1. The van der Waals surface area contributed by atoms with Crippen LogP contribution in [-0.4, -0.2) is 58.4 Å². The fourth-order valence-electron chi connectivity index (χ4n) is 8.07. The molecule has 6 nitrogen and oxygen atoms in total. The van der Waals surface area contributed by atoms with Gasteiger partial charge >= 0.3 is 0 Å². The number of aliphatic hydroxyl groups is 1. The number of rotatable bonds is 5. The Morgan fingerprint density at radius 3 is 2.78 bits per heavy atom. The summed E-state index contributed by atoms with van der Waals surface area (Å²) in [6.07, 6.45) is 8.11. The highest BCUT2D eigenvalue weighted by Crippen LogP contribution is 2.66. The fraction of sp³-hybridized carbons (Fsp3) is 0.500. The van der Waals surface area contributed by atoms with Gasteiger partial charge in [-0.15, -0.1) is 0 Å². The number of piperidine rings is 1. The Kier molecular flexibility index (Phi) is 5.05. The van der Waals surface area contributed by atoms with Crippen LogP contribution in [0.2, 0.25) is 0 Å². The maximum atomic E-state index is 13.6. The van der Waals surface area contributed by atoms with Crippen LogP contribution in [0.25, 0.3) is 6.08 Å². The van der Waals surface area contributed by atoms with Gasteiger partial charge in [0.1, 0.15) is 11.9 Å². The molecule has 194 valence electrons. The first-order valence-corrected chi connectivity index (χ1v) is 13.5. The van der Waals surface area contributed by atoms with E-state index in [2.05, 4.69) is 5.32 Å². The topological polar surface area (TPSA) is 82.0 Å². The smallest absolute Gasteiger partial charge is 0.246 e. The van der Waals surface area contributed by atoms with Gasteiger partial charge in [-0.3, -0.25) is 4.79 Å². The Balaban J connectivity index is 1.30. The van der Waals surface area contributed by atoms with Gasteiger partial charge in [0.25, 0.3) is 0 Å². The number of hydrogen-bond acceptors (Lipinski definition) is 5. The van der Waals surface area contributed by atoms with Gasteiger partial charge in [-0.2, -0.15) is 0 Å². The van der Waals surface area contributed by atoms with E-state index in [4.69, 9.17) is 4.74 Å². The number of nitrogens with zero attached hydrogens (tertiary/aromatic N) is 1. The van der Waals surface area contributed by atoms with Gasteiger partial charge in [0, 0.05) is 24.7 Å². The zero-order valence-electron chi connectivity index (χ0n) is 21.0. The minimum Gasteiger partial charge on any atom is -0.504 e. The van der Waals surface area contributed by atoms with Crippen LogP contribution in [0.15, 0.2) is 42.5 Å². The van der Waals surface area contributed by atoms with Crippen molar-refractivity contribution >= 4 is 12.0 Å². The van der Waals surface area contributed by atoms with Crippen LogP contribution in [-0.2, 0) is 16.6 Å². The van der Waals surface area contributed by atoms with Gasteiger partial charge < -0.3 is 25.2 Å². The molecule has 1 spiro atoms. The molecule has 3 aliphatic carbocycles. The quantitative estimate of drug-likeness (QED) is 0.543. The number of amides is 1. The molecule has 1 amide bonds. The molecule has 3 fully saturated rings. The predicted octanol–water partition coefficient (Wildman–Crippen LogP) is 3.54. The summed E-state index contributed by atoms with van der Waals surface area (Å²) in [5.74, 6) is 0.815. The van der Waals surface area contributed by atoms with E-state index in [9.17, 15) is 19.4 Å². The van der Waals surface area contributed by atoms with Crippen molar-refractivity contribution < 1.29 is 24.1 Å². The van der Waals surface area contributed by atoms with E-state index < -0.39 is 17.1 Å².